The van der Waals surface area contributed by atoms with Crippen molar-refractivity contribution in [3.63, 3.8) is 0 Å². The molecule has 0 aliphatic heterocycles. The minimum Gasteiger partial charge on any atom is -0.481 e. The van der Waals surface area contributed by atoms with Crippen LogP contribution in [0.5, 0.6) is 11.6 Å². The highest BCUT2D eigenvalue weighted by atomic mass is 35.5. The molecule has 1 N–H and O–H groups in total. The van der Waals surface area contributed by atoms with E-state index in [1.807, 2.05) is 0 Å². The highest BCUT2D eigenvalue weighted by Gasteiger charge is 2.19. The van der Waals surface area contributed by atoms with Gasteiger partial charge < -0.3 is 9.47 Å². The number of nitrogens with zero attached hydrogens (tertiary/aromatic N) is 2. The number of alkyl halides is 1. The van der Waals surface area contributed by atoms with E-state index in [9.17, 15) is 4.79 Å². The van der Waals surface area contributed by atoms with E-state index in [2.05, 4.69) is 15.3 Å². The van der Waals surface area contributed by atoms with E-state index < -0.39 is 11.5 Å². The van der Waals surface area contributed by atoms with Crippen LogP contribution in [0.25, 0.3) is 0 Å². The van der Waals surface area contributed by atoms with Gasteiger partial charge in [-0.05, 0) is 24.3 Å². The predicted octanol–water partition coefficient (Wildman–Crippen LogP) is 3.37. The molecule has 0 aliphatic carbocycles. The molecule has 0 aliphatic rings. The molecule has 0 saturated carbocycles. The second-order valence-electron chi connectivity index (χ2n) is 3.93. The van der Waals surface area contributed by atoms with E-state index in [0.29, 0.717) is 10.8 Å². The van der Waals surface area contributed by atoms with Gasteiger partial charge in [0.05, 0.1) is 7.11 Å². The van der Waals surface area contributed by atoms with Crippen LogP contribution in [0.3, 0.4) is 0 Å². The Morgan fingerprint density at radius 3 is 2.55 bits per heavy atom. The first-order valence-electron chi connectivity index (χ1n) is 5.93. The molecule has 1 amide bonds. The van der Waals surface area contributed by atoms with Crippen LogP contribution in [-0.4, -0.2) is 28.5 Å². The van der Waals surface area contributed by atoms with Gasteiger partial charge in [-0.3, -0.25) is 10.1 Å². The van der Waals surface area contributed by atoms with Gasteiger partial charge in [-0.2, -0.15) is 4.98 Å². The molecule has 1 aromatic heterocycles. The number of anilines is 1. The largest absolute Gasteiger partial charge is 0.481 e. The Balaban J connectivity index is 2.02. The molecule has 1 aromatic carbocycles. The zero-order valence-corrected chi connectivity index (χ0v) is 13.5. The Labute approximate surface area is 141 Å². The van der Waals surface area contributed by atoms with Gasteiger partial charge >= 0.3 is 0 Å². The molecule has 1 unspecified atom stereocenters. The number of aromatic nitrogens is 2. The maximum Gasteiger partial charge on any atom is 0.283 e. The number of halogens is 3. The number of hydrogen-bond donors (Lipinski definition) is 1. The molecular formula is C13H10Cl3N3O3. The van der Waals surface area contributed by atoms with E-state index >= 15 is 0 Å². The van der Waals surface area contributed by atoms with Crippen LogP contribution >= 0.6 is 34.8 Å². The number of nitrogens with one attached hydrogen (secondary N) is 1. The molecule has 2 rings (SSSR count). The second kappa shape index (κ2) is 7.49. The third kappa shape index (κ3) is 4.62. The number of methoxy groups -OCH3 is 1. The number of ether oxygens (including phenoxy) is 2. The van der Waals surface area contributed by atoms with Crippen LogP contribution in [0.1, 0.15) is 0 Å². The summed E-state index contributed by atoms with van der Waals surface area (Å²) >= 11 is 17.4. The molecule has 0 spiro atoms. The topological polar surface area (TPSA) is 73.3 Å². The maximum absolute atomic E-state index is 11.9. The molecule has 0 saturated heterocycles. The van der Waals surface area contributed by atoms with E-state index in [-0.39, 0.29) is 17.0 Å². The standard InChI is InChI=1S/C13H10Cl3N3O3/c1-21-10-6-9(15)17-13(18-10)19-12(20)11(16)22-8-4-2-7(14)3-5-8/h2-6,11H,1H3,(H,17,18,19,20). The van der Waals surface area contributed by atoms with Crippen molar-refractivity contribution < 1.29 is 14.3 Å². The van der Waals surface area contributed by atoms with Crippen molar-refractivity contribution in [3.8, 4) is 11.6 Å². The van der Waals surface area contributed by atoms with Crippen molar-refractivity contribution >= 4 is 46.7 Å². The number of rotatable bonds is 5. The Morgan fingerprint density at radius 2 is 1.91 bits per heavy atom. The highest BCUT2D eigenvalue weighted by Crippen LogP contribution is 2.19. The molecule has 2 aromatic rings. The minimum atomic E-state index is -1.28. The lowest BCUT2D eigenvalue weighted by Crippen LogP contribution is -2.29. The zero-order chi connectivity index (χ0) is 16.1. The van der Waals surface area contributed by atoms with Crippen LogP contribution in [0.2, 0.25) is 10.2 Å². The van der Waals surface area contributed by atoms with Crippen molar-refractivity contribution in [2.24, 2.45) is 0 Å². The molecule has 1 atom stereocenters. The molecule has 0 fully saturated rings. The van der Waals surface area contributed by atoms with Crippen LogP contribution < -0.4 is 14.8 Å². The van der Waals surface area contributed by atoms with Gasteiger partial charge in [-0.25, -0.2) is 4.98 Å². The molecule has 6 nitrogen and oxygen atoms in total. The Bertz CT molecular complexity index is 667. The third-order valence-electron chi connectivity index (χ3n) is 2.37. The van der Waals surface area contributed by atoms with E-state index in [1.54, 1.807) is 24.3 Å². The summed E-state index contributed by atoms with van der Waals surface area (Å²) in [4.78, 5) is 19.7. The zero-order valence-electron chi connectivity index (χ0n) is 11.2. The summed E-state index contributed by atoms with van der Waals surface area (Å²) in [5.74, 6) is -0.0928. The Kier molecular flexibility index (Phi) is 5.65. The fourth-order valence-electron chi connectivity index (χ4n) is 1.41. The van der Waals surface area contributed by atoms with Crippen LogP contribution in [-0.2, 0) is 4.79 Å². The molecule has 0 radical (unpaired) electrons. The maximum atomic E-state index is 11.9. The molecule has 22 heavy (non-hydrogen) atoms. The van der Waals surface area contributed by atoms with Gasteiger partial charge in [0.15, 0.2) is 0 Å². The van der Waals surface area contributed by atoms with Crippen molar-refractivity contribution in [2.75, 3.05) is 12.4 Å². The van der Waals surface area contributed by atoms with Crippen molar-refractivity contribution in [2.45, 2.75) is 5.56 Å². The van der Waals surface area contributed by atoms with E-state index in [0.717, 1.165) is 0 Å². The Morgan fingerprint density at radius 1 is 1.23 bits per heavy atom. The lowest BCUT2D eigenvalue weighted by Gasteiger charge is -2.12. The first-order chi connectivity index (χ1) is 10.5. The van der Waals surface area contributed by atoms with Gasteiger partial charge in [0.1, 0.15) is 10.9 Å². The van der Waals surface area contributed by atoms with Gasteiger partial charge in [0, 0.05) is 11.1 Å². The summed E-state index contributed by atoms with van der Waals surface area (Å²) in [5.41, 5.74) is -1.28. The number of carbonyl (C=O) groups excluding carboxylic acids is 1. The minimum absolute atomic E-state index is 0.0419. The van der Waals surface area contributed by atoms with Crippen LogP contribution in [0, 0.1) is 0 Å². The number of carbonyl (C=O) groups is 1. The van der Waals surface area contributed by atoms with Crippen LogP contribution in [0.15, 0.2) is 30.3 Å². The molecule has 116 valence electrons. The summed E-state index contributed by atoms with van der Waals surface area (Å²) in [7, 11) is 1.41. The molecule has 0 bridgehead atoms. The van der Waals surface area contributed by atoms with Crippen LogP contribution in [0.4, 0.5) is 5.95 Å². The average Bonchev–Trinajstić information content (AvgIpc) is 2.48. The molecule has 9 heteroatoms. The quantitative estimate of drug-likeness (QED) is 0.652. The normalized spacial score (nSPS) is 11.6. The van der Waals surface area contributed by atoms with Gasteiger partial charge in [0.25, 0.3) is 11.5 Å². The average molecular weight is 363 g/mol. The Hall–Kier alpha value is -1.76. The summed E-state index contributed by atoms with van der Waals surface area (Å²) < 4.78 is 10.2. The third-order valence-corrected chi connectivity index (χ3v) is 3.11. The summed E-state index contributed by atoms with van der Waals surface area (Å²) in [6.45, 7) is 0. The molecular weight excluding hydrogens is 353 g/mol. The van der Waals surface area contributed by atoms with Gasteiger partial charge in [-0.15, -0.1) is 0 Å². The lowest BCUT2D eigenvalue weighted by atomic mass is 10.3. The number of benzene rings is 1. The first-order valence-corrected chi connectivity index (χ1v) is 7.13. The highest BCUT2D eigenvalue weighted by molar-refractivity contribution is 6.32. The predicted molar refractivity (Wildman–Crippen MR) is 83.9 cm³/mol. The number of amides is 1. The van der Waals surface area contributed by atoms with Crippen molar-refractivity contribution in [1.82, 2.24) is 9.97 Å². The van der Waals surface area contributed by atoms with E-state index in [4.69, 9.17) is 44.3 Å². The summed E-state index contributed by atoms with van der Waals surface area (Å²) in [6, 6.07) is 7.81. The fourth-order valence-corrected chi connectivity index (χ4v) is 1.87. The SMILES string of the molecule is COc1cc(Cl)nc(NC(=O)C(Cl)Oc2ccc(Cl)cc2)n1. The van der Waals surface area contributed by atoms with Gasteiger partial charge in [0.2, 0.25) is 11.8 Å². The van der Waals surface area contributed by atoms with E-state index in [1.165, 1.54) is 13.2 Å². The summed E-state index contributed by atoms with van der Waals surface area (Å²) in [6.07, 6.45) is 0. The van der Waals surface area contributed by atoms with Gasteiger partial charge in [-0.1, -0.05) is 34.8 Å². The monoisotopic (exact) mass is 361 g/mol. The first kappa shape index (κ1) is 16.6. The number of hydrogen-bond acceptors (Lipinski definition) is 5. The van der Waals surface area contributed by atoms with Crippen molar-refractivity contribution in [3.05, 3.63) is 40.5 Å². The summed E-state index contributed by atoms with van der Waals surface area (Å²) in [5, 5.41) is 3.04. The lowest BCUT2D eigenvalue weighted by molar-refractivity contribution is -0.119. The second-order valence-corrected chi connectivity index (χ2v) is 5.15. The smallest absolute Gasteiger partial charge is 0.283 e. The fraction of sp³-hybridized carbons (Fsp3) is 0.154. The molecule has 1 heterocycles. The van der Waals surface area contributed by atoms with Crippen molar-refractivity contribution in [1.29, 1.82) is 0 Å².